The maximum atomic E-state index is 5.72. The highest BCUT2D eigenvalue weighted by molar-refractivity contribution is 5.64. The highest BCUT2D eigenvalue weighted by atomic mass is 16.5. The number of nitrogens with two attached hydrogens (primary N) is 2. The molecule has 6 heteroatoms. The van der Waals surface area contributed by atoms with Gasteiger partial charge < -0.3 is 20.9 Å². The molecule has 0 bridgehead atoms. The van der Waals surface area contributed by atoms with E-state index in [1.165, 1.54) is 0 Å². The Hall–Kier alpha value is -1.56. The minimum absolute atomic E-state index is 0.0814. The second-order valence-corrected chi connectivity index (χ2v) is 3.62. The lowest BCUT2D eigenvalue weighted by Crippen LogP contribution is -2.11. The van der Waals surface area contributed by atoms with E-state index in [1.807, 2.05) is 6.92 Å². The minimum Gasteiger partial charge on any atom is -0.476 e. The monoisotopic (exact) mass is 224 g/mol. The van der Waals surface area contributed by atoms with Gasteiger partial charge in [0.1, 0.15) is 11.8 Å². The molecule has 88 valence electrons. The zero-order valence-electron chi connectivity index (χ0n) is 9.27. The molecule has 6 nitrogen and oxygen atoms in total. The first-order valence-corrected chi connectivity index (χ1v) is 5.39. The Kier molecular flexibility index (Phi) is 3.09. The molecule has 1 aliphatic heterocycles. The van der Waals surface area contributed by atoms with Crippen LogP contribution in [0.5, 0.6) is 5.88 Å². The number of nitrogens with zero attached hydrogens (tertiary/aromatic N) is 2. The van der Waals surface area contributed by atoms with Crippen LogP contribution in [0.2, 0.25) is 0 Å². The normalized spacial score (nSPS) is 19.9. The molecule has 4 N–H and O–H groups in total. The summed E-state index contributed by atoms with van der Waals surface area (Å²) in [5.41, 5.74) is 11.7. The average molecular weight is 224 g/mol. The first-order chi connectivity index (χ1) is 7.72. The lowest BCUT2D eigenvalue weighted by atomic mass is 10.2. The molecule has 0 amide bonds. The molecule has 0 aromatic carbocycles. The van der Waals surface area contributed by atoms with Crippen molar-refractivity contribution < 1.29 is 9.47 Å². The van der Waals surface area contributed by atoms with Crippen LogP contribution < -0.4 is 16.2 Å². The molecule has 1 fully saturated rings. The van der Waals surface area contributed by atoms with E-state index in [0.717, 1.165) is 19.4 Å². The Morgan fingerprint density at radius 3 is 2.88 bits per heavy atom. The van der Waals surface area contributed by atoms with Crippen molar-refractivity contribution in [1.29, 1.82) is 0 Å². The van der Waals surface area contributed by atoms with Crippen molar-refractivity contribution in [2.45, 2.75) is 25.9 Å². The molecule has 0 radical (unpaired) electrons. The van der Waals surface area contributed by atoms with Gasteiger partial charge >= 0.3 is 0 Å². The van der Waals surface area contributed by atoms with E-state index in [9.17, 15) is 0 Å². The number of hydrogen-bond donors (Lipinski definition) is 2. The zero-order chi connectivity index (χ0) is 11.5. The number of aromatic nitrogens is 2. The Morgan fingerprint density at radius 2 is 2.25 bits per heavy atom. The van der Waals surface area contributed by atoms with Gasteiger partial charge in [0.15, 0.2) is 11.6 Å². The van der Waals surface area contributed by atoms with Crippen LogP contribution in [0.1, 0.15) is 31.7 Å². The largest absolute Gasteiger partial charge is 0.476 e. The molecule has 1 unspecified atom stereocenters. The van der Waals surface area contributed by atoms with Crippen LogP contribution in [0.3, 0.4) is 0 Å². The molecular formula is C10H16N4O2. The first-order valence-electron chi connectivity index (χ1n) is 5.39. The fourth-order valence-electron chi connectivity index (χ4n) is 1.65. The summed E-state index contributed by atoms with van der Waals surface area (Å²) in [4.78, 5) is 8.38. The SMILES string of the molecule is CCOc1nc(C2CCCO2)nc(N)c1N. The molecule has 1 aliphatic rings. The Bertz CT molecular complexity index is 377. The molecule has 1 atom stereocenters. The number of rotatable bonds is 3. The highest BCUT2D eigenvalue weighted by Crippen LogP contribution is 2.31. The third-order valence-electron chi connectivity index (χ3n) is 2.46. The fraction of sp³-hybridized carbons (Fsp3) is 0.600. The van der Waals surface area contributed by atoms with E-state index in [1.54, 1.807) is 0 Å². The Labute approximate surface area is 94.0 Å². The van der Waals surface area contributed by atoms with Gasteiger partial charge in [0.05, 0.1) is 6.61 Å². The van der Waals surface area contributed by atoms with Crippen LogP contribution >= 0.6 is 0 Å². The standard InChI is InChI=1S/C10H16N4O2/c1-2-15-10-7(11)8(12)13-9(14-10)6-4-3-5-16-6/h6H,2-5,11H2,1H3,(H2,12,13,14). The van der Waals surface area contributed by atoms with Crippen LogP contribution in [0.4, 0.5) is 11.5 Å². The molecule has 16 heavy (non-hydrogen) atoms. The van der Waals surface area contributed by atoms with Crippen LogP contribution in [0, 0.1) is 0 Å². The molecule has 0 saturated carbocycles. The summed E-state index contributed by atoms with van der Waals surface area (Å²) in [7, 11) is 0. The summed E-state index contributed by atoms with van der Waals surface area (Å²) >= 11 is 0. The fourth-order valence-corrected chi connectivity index (χ4v) is 1.65. The third kappa shape index (κ3) is 2.01. The van der Waals surface area contributed by atoms with E-state index < -0.39 is 0 Å². The lowest BCUT2D eigenvalue weighted by molar-refractivity contribution is 0.104. The van der Waals surface area contributed by atoms with Gasteiger partial charge in [-0.1, -0.05) is 0 Å². The average Bonchev–Trinajstić information content (AvgIpc) is 2.78. The molecule has 0 spiro atoms. The third-order valence-corrected chi connectivity index (χ3v) is 2.46. The second kappa shape index (κ2) is 4.52. The number of anilines is 2. The second-order valence-electron chi connectivity index (χ2n) is 3.62. The summed E-state index contributed by atoms with van der Waals surface area (Å²) in [5.74, 6) is 1.16. The predicted molar refractivity (Wildman–Crippen MR) is 60.0 cm³/mol. The number of ether oxygens (including phenoxy) is 2. The van der Waals surface area contributed by atoms with E-state index >= 15 is 0 Å². The van der Waals surface area contributed by atoms with E-state index in [-0.39, 0.29) is 11.9 Å². The molecule has 1 aromatic rings. The van der Waals surface area contributed by atoms with Crippen molar-refractivity contribution in [2.75, 3.05) is 24.7 Å². The van der Waals surface area contributed by atoms with Crippen molar-refractivity contribution in [3.05, 3.63) is 5.82 Å². The van der Waals surface area contributed by atoms with Crippen LogP contribution in [0.15, 0.2) is 0 Å². The summed E-state index contributed by atoms with van der Waals surface area (Å²) in [6.07, 6.45) is 1.85. The summed E-state index contributed by atoms with van der Waals surface area (Å²) in [6, 6.07) is 0. The summed E-state index contributed by atoms with van der Waals surface area (Å²) in [6.45, 7) is 3.09. The van der Waals surface area contributed by atoms with Gasteiger partial charge in [0.25, 0.3) is 0 Å². The maximum Gasteiger partial charge on any atom is 0.242 e. The first kappa shape index (κ1) is 10.9. The van der Waals surface area contributed by atoms with Crippen LogP contribution in [-0.4, -0.2) is 23.2 Å². The molecule has 1 aromatic heterocycles. The van der Waals surface area contributed by atoms with Gasteiger partial charge in [-0.15, -0.1) is 0 Å². The van der Waals surface area contributed by atoms with Gasteiger partial charge in [-0.2, -0.15) is 4.98 Å². The molecular weight excluding hydrogens is 208 g/mol. The van der Waals surface area contributed by atoms with Crippen molar-refractivity contribution in [3.63, 3.8) is 0 Å². The zero-order valence-corrected chi connectivity index (χ0v) is 9.27. The minimum atomic E-state index is -0.0814. The molecule has 2 heterocycles. The topological polar surface area (TPSA) is 96.3 Å². The van der Waals surface area contributed by atoms with E-state index in [2.05, 4.69) is 9.97 Å². The summed E-state index contributed by atoms with van der Waals surface area (Å²) in [5, 5.41) is 0. The smallest absolute Gasteiger partial charge is 0.242 e. The Morgan fingerprint density at radius 1 is 1.44 bits per heavy atom. The Balaban J connectivity index is 2.31. The van der Waals surface area contributed by atoms with E-state index in [0.29, 0.717) is 24.0 Å². The van der Waals surface area contributed by atoms with Crippen LogP contribution in [0.25, 0.3) is 0 Å². The van der Waals surface area contributed by atoms with Gasteiger partial charge in [0, 0.05) is 6.61 Å². The van der Waals surface area contributed by atoms with Crippen molar-refractivity contribution in [1.82, 2.24) is 9.97 Å². The van der Waals surface area contributed by atoms with Crippen molar-refractivity contribution >= 4 is 11.5 Å². The number of hydrogen-bond acceptors (Lipinski definition) is 6. The molecule has 2 rings (SSSR count). The van der Waals surface area contributed by atoms with Crippen molar-refractivity contribution in [3.8, 4) is 5.88 Å². The number of nitrogen functional groups attached to an aromatic ring is 2. The summed E-state index contributed by atoms with van der Waals surface area (Å²) < 4.78 is 10.8. The maximum absolute atomic E-state index is 5.72. The quantitative estimate of drug-likeness (QED) is 0.791. The lowest BCUT2D eigenvalue weighted by Gasteiger charge is -2.12. The van der Waals surface area contributed by atoms with Crippen LogP contribution in [-0.2, 0) is 4.74 Å². The molecule has 1 saturated heterocycles. The van der Waals surface area contributed by atoms with Gasteiger partial charge in [0.2, 0.25) is 5.88 Å². The van der Waals surface area contributed by atoms with E-state index in [4.69, 9.17) is 20.9 Å². The highest BCUT2D eigenvalue weighted by Gasteiger charge is 2.23. The van der Waals surface area contributed by atoms with Gasteiger partial charge in [-0.25, -0.2) is 4.98 Å². The van der Waals surface area contributed by atoms with Crippen molar-refractivity contribution in [2.24, 2.45) is 0 Å². The van der Waals surface area contributed by atoms with Gasteiger partial charge in [-0.3, -0.25) is 0 Å². The predicted octanol–water partition coefficient (Wildman–Crippen LogP) is 0.891. The molecule has 0 aliphatic carbocycles. The van der Waals surface area contributed by atoms with Gasteiger partial charge in [-0.05, 0) is 19.8 Å².